The number of amides is 1. The standard InChI is InChI=1S/C14H17ClN2O3S/c15-11-5-10(6-13(7-11)21(16,19)20)14(18)17(12-3-4-12)8-9-1-2-9/h5-7,9,12H,1-4,8H2,(H2,16,19,20). The van der Waals surface area contributed by atoms with Crippen LogP contribution in [0.3, 0.4) is 0 Å². The lowest BCUT2D eigenvalue weighted by Gasteiger charge is -2.22. The first-order valence-corrected chi connectivity index (χ1v) is 8.91. The summed E-state index contributed by atoms with van der Waals surface area (Å²) in [7, 11) is -3.88. The third kappa shape index (κ3) is 3.56. The zero-order valence-electron chi connectivity index (χ0n) is 11.5. The molecule has 1 amide bonds. The summed E-state index contributed by atoms with van der Waals surface area (Å²) in [4.78, 5) is 14.4. The molecule has 0 atom stereocenters. The van der Waals surface area contributed by atoms with Crippen LogP contribution in [0.15, 0.2) is 23.1 Å². The molecule has 2 aliphatic rings. The summed E-state index contributed by atoms with van der Waals surface area (Å²) in [6, 6.07) is 4.36. The Labute approximate surface area is 129 Å². The van der Waals surface area contributed by atoms with Gasteiger partial charge in [0.15, 0.2) is 0 Å². The van der Waals surface area contributed by atoms with Gasteiger partial charge in [0.05, 0.1) is 4.90 Å². The van der Waals surface area contributed by atoms with E-state index in [2.05, 4.69) is 0 Å². The van der Waals surface area contributed by atoms with Gasteiger partial charge in [-0.2, -0.15) is 0 Å². The van der Waals surface area contributed by atoms with Crippen LogP contribution in [0, 0.1) is 5.92 Å². The van der Waals surface area contributed by atoms with Gasteiger partial charge >= 0.3 is 0 Å². The van der Waals surface area contributed by atoms with Gasteiger partial charge in [0, 0.05) is 23.2 Å². The van der Waals surface area contributed by atoms with Gasteiger partial charge in [0.25, 0.3) is 5.91 Å². The van der Waals surface area contributed by atoms with Crippen LogP contribution in [-0.4, -0.2) is 31.8 Å². The Kier molecular flexibility index (Phi) is 3.71. The molecule has 2 aliphatic carbocycles. The van der Waals surface area contributed by atoms with Crippen LogP contribution in [-0.2, 0) is 10.0 Å². The van der Waals surface area contributed by atoms with Crippen LogP contribution in [0.1, 0.15) is 36.0 Å². The van der Waals surface area contributed by atoms with Gasteiger partial charge in [-0.1, -0.05) is 11.6 Å². The SMILES string of the molecule is NS(=O)(=O)c1cc(Cl)cc(C(=O)N(CC2CC2)C2CC2)c1. The van der Waals surface area contributed by atoms with Crippen LogP contribution < -0.4 is 5.14 Å². The smallest absolute Gasteiger partial charge is 0.254 e. The molecule has 0 aliphatic heterocycles. The molecule has 1 aromatic carbocycles. The van der Waals surface area contributed by atoms with Crippen molar-refractivity contribution in [2.45, 2.75) is 36.6 Å². The molecule has 0 bridgehead atoms. The molecule has 2 N–H and O–H groups in total. The van der Waals surface area contributed by atoms with Gasteiger partial charge in [-0.15, -0.1) is 0 Å². The Morgan fingerprint density at radius 2 is 1.90 bits per heavy atom. The summed E-state index contributed by atoms with van der Waals surface area (Å²) in [5.74, 6) is 0.434. The van der Waals surface area contributed by atoms with Gasteiger partial charge in [-0.25, -0.2) is 13.6 Å². The Bertz CT molecular complexity index is 681. The highest BCUT2D eigenvalue weighted by molar-refractivity contribution is 7.89. The summed E-state index contributed by atoms with van der Waals surface area (Å²) in [6.07, 6.45) is 4.35. The molecule has 114 valence electrons. The minimum atomic E-state index is -3.88. The number of sulfonamides is 1. The molecule has 0 saturated heterocycles. The summed E-state index contributed by atoms with van der Waals surface area (Å²) < 4.78 is 22.9. The summed E-state index contributed by atoms with van der Waals surface area (Å²) >= 11 is 5.93. The van der Waals surface area contributed by atoms with E-state index < -0.39 is 10.0 Å². The molecule has 0 heterocycles. The fraction of sp³-hybridized carbons (Fsp3) is 0.500. The first-order valence-electron chi connectivity index (χ1n) is 6.99. The average Bonchev–Trinajstić information content (AvgIpc) is 3.24. The number of rotatable bonds is 5. The van der Waals surface area contributed by atoms with Gasteiger partial charge in [0.2, 0.25) is 10.0 Å². The Balaban J connectivity index is 1.90. The average molecular weight is 329 g/mol. The highest BCUT2D eigenvalue weighted by Gasteiger charge is 2.37. The zero-order chi connectivity index (χ0) is 15.2. The Morgan fingerprint density at radius 3 is 2.43 bits per heavy atom. The predicted molar refractivity (Wildman–Crippen MR) is 79.6 cm³/mol. The van der Waals surface area contributed by atoms with Crippen LogP contribution in [0.2, 0.25) is 5.02 Å². The fourth-order valence-electron chi connectivity index (χ4n) is 2.38. The molecule has 21 heavy (non-hydrogen) atoms. The number of carbonyl (C=O) groups excluding carboxylic acids is 1. The second-order valence-electron chi connectivity index (χ2n) is 5.85. The first-order chi connectivity index (χ1) is 9.84. The van der Waals surface area contributed by atoms with Crippen LogP contribution >= 0.6 is 11.6 Å². The maximum absolute atomic E-state index is 12.7. The van der Waals surface area contributed by atoms with Gasteiger partial charge in [-0.05, 0) is 49.8 Å². The van der Waals surface area contributed by atoms with E-state index in [1.54, 1.807) is 0 Å². The van der Waals surface area contributed by atoms with E-state index in [0.29, 0.717) is 11.5 Å². The first kappa shape index (κ1) is 14.8. The van der Waals surface area contributed by atoms with Crippen molar-refractivity contribution >= 4 is 27.5 Å². The highest BCUT2D eigenvalue weighted by atomic mass is 35.5. The number of carbonyl (C=O) groups is 1. The van der Waals surface area contributed by atoms with E-state index in [1.807, 2.05) is 4.90 Å². The number of nitrogens with zero attached hydrogens (tertiary/aromatic N) is 1. The highest BCUT2D eigenvalue weighted by Crippen LogP contribution is 2.36. The zero-order valence-corrected chi connectivity index (χ0v) is 13.0. The van der Waals surface area contributed by atoms with E-state index in [9.17, 15) is 13.2 Å². The number of primary sulfonamides is 1. The predicted octanol–water partition coefficient (Wildman–Crippen LogP) is 2.00. The number of hydrogen-bond donors (Lipinski definition) is 1. The van der Waals surface area contributed by atoms with E-state index in [4.69, 9.17) is 16.7 Å². The Hall–Kier alpha value is -1.11. The summed E-state index contributed by atoms with van der Waals surface area (Å²) in [5, 5.41) is 5.32. The minimum Gasteiger partial charge on any atom is -0.335 e. The van der Waals surface area contributed by atoms with E-state index >= 15 is 0 Å². The second-order valence-corrected chi connectivity index (χ2v) is 7.85. The molecular formula is C14H17ClN2O3S. The van der Waals surface area contributed by atoms with Crippen molar-refractivity contribution in [2.75, 3.05) is 6.54 Å². The fourth-order valence-corrected chi connectivity index (χ4v) is 3.26. The molecule has 2 saturated carbocycles. The summed E-state index contributed by atoms with van der Waals surface area (Å²) in [5.41, 5.74) is 0.291. The molecule has 0 unspecified atom stereocenters. The van der Waals surface area contributed by atoms with Gasteiger partial charge in [-0.3, -0.25) is 4.79 Å². The largest absolute Gasteiger partial charge is 0.335 e. The van der Waals surface area contributed by atoms with Crippen molar-refractivity contribution in [2.24, 2.45) is 11.1 Å². The van der Waals surface area contributed by atoms with Crippen molar-refractivity contribution in [3.8, 4) is 0 Å². The minimum absolute atomic E-state index is 0.125. The molecule has 5 nitrogen and oxygen atoms in total. The number of nitrogens with two attached hydrogens (primary N) is 1. The van der Waals surface area contributed by atoms with Crippen molar-refractivity contribution in [1.29, 1.82) is 0 Å². The van der Waals surface area contributed by atoms with E-state index in [0.717, 1.165) is 32.2 Å². The lowest BCUT2D eigenvalue weighted by atomic mass is 10.2. The molecule has 1 aromatic rings. The quantitative estimate of drug-likeness (QED) is 0.897. The van der Waals surface area contributed by atoms with Gasteiger partial charge < -0.3 is 4.90 Å². The molecular weight excluding hydrogens is 312 g/mol. The molecule has 0 spiro atoms. The van der Waals surface area contributed by atoms with Crippen LogP contribution in [0.4, 0.5) is 0 Å². The monoisotopic (exact) mass is 328 g/mol. The molecule has 7 heteroatoms. The number of hydrogen-bond acceptors (Lipinski definition) is 3. The maximum atomic E-state index is 12.7. The lowest BCUT2D eigenvalue weighted by Crippen LogP contribution is -2.35. The normalized spacial score (nSPS) is 18.6. The maximum Gasteiger partial charge on any atom is 0.254 e. The van der Waals surface area contributed by atoms with Crippen molar-refractivity contribution in [1.82, 2.24) is 4.90 Å². The number of benzene rings is 1. The Morgan fingerprint density at radius 1 is 1.24 bits per heavy atom. The second kappa shape index (κ2) is 5.26. The van der Waals surface area contributed by atoms with Crippen molar-refractivity contribution in [3.05, 3.63) is 28.8 Å². The van der Waals surface area contributed by atoms with E-state index in [1.165, 1.54) is 18.2 Å². The molecule has 2 fully saturated rings. The lowest BCUT2D eigenvalue weighted by molar-refractivity contribution is 0.0734. The summed E-state index contributed by atoms with van der Waals surface area (Å²) in [6.45, 7) is 0.751. The van der Waals surface area contributed by atoms with Crippen LogP contribution in [0.25, 0.3) is 0 Å². The van der Waals surface area contributed by atoms with Crippen molar-refractivity contribution in [3.63, 3.8) is 0 Å². The molecule has 3 rings (SSSR count). The topological polar surface area (TPSA) is 80.5 Å². The van der Waals surface area contributed by atoms with E-state index in [-0.39, 0.29) is 21.9 Å². The van der Waals surface area contributed by atoms with Gasteiger partial charge in [0.1, 0.15) is 0 Å². The third-order valence-electron chi connectivity index (χ3n) is 3.85. The third-order valence-corrected chi connectivity index (χ3v) is 4.96. The molecule has 0 aromatic heterocycles. The van der Waals surface area contributed by atoms with Crippen LogP contribution in [0.5, 0.6) is 0 Å². The molecule has 0 radical (unpaired) electrons. The van der Waals surface area contributed by atoms with Crippen molar-refractivity contribution < 1.29 is 13.2 Å². The number of halogens is 1.